The van der Waals surface area contributed by atoms with Crippen molar-refractivity contribution in [2.75, 3.05) is 0 Å². The van der Waals surface area contributed by atoms with Crippen molar-refractivity contribution in [2.24, 2.45) is 0 Å². The number of benzene rings is 2. The second-order valence-electron chi connectivity index (χ2n) is 8.62. The molecule has 168 valence electrons. The summed E-state index contributed by atoms with van der Waals surface area (Å²) in [5.74, 6) is 0. The summed E-state index contributed by atoms with van der Waals surface area (Å²) in [5.41, 5.74) is 2.72. The van der Waals surface area contributed by atoms with E-state index in [4.69, 9.17) is 0 Å². The molecule has 0 saturated carbocycles. The van der Waals surface area contributed by atoms with Crippen LogP contribution in [0.2, 0.25) is 0 Å². The minimum Gasteiger partial charge on any atom is -0.744 e. The molecule has 0 heterocycles. The maximum atomic E-state index is 11.4. The van der Waals surface area contributed by atoms with Gasteiger partial charge < -0.3 is 4.55 Å². The standard InChI is InChI=1S/C26H40O3S.Na/c1-3-5-7-9-11-13-15-22-19-24-17-18-26(30(27,28)29)21-25(24)20-23(22)16-14-12-10-8-6-4-2;/h17-21H,3-16H2,1-2H3,(H,27,28,29);/q;+1/p-1. The van der Waals surface area contributed by atoms with Gasteiger partial charge in [0.2, 0.25) is 0 Å². The van der Waals surface area contributed by atoms with Gasteiger partial charge in [-0.3, -0.25) is 0 Å². The van der Waals surface area contributed by atoms with Gasteiger partial charge in [0, 0.05) is 0 Å². The fourth-order valence-electron chi connectivity index (χ4n) is 4.18. The molecule has 0 bridgehead atoms. The van der Waals surface area contributed by atoms with Gasteiger partial charge in [-0.2, -0.15) is 0 Å². The molecule has 5 heteroatoms. The van der Waals surface area contributed by atoms with Crippen molar-refractivity contribution in [1.29, 1.82) is 0 Å². The first kappa shape index (κ1) is 28.6. The van der Waals surface area contributed by atoms with Gasteiger partial charge in [-0.15, -0.1) is 0 Å². The van der Waals surface area contributed by atoms with Crippen molar-refractivity contribution < 1.29 is 42.5 Å². The van der Waals surface area contributed by atoms with E-state index in [9.17, 15) is 13.0 Å². The van der Waals surface area contributed by atoms with Crippen LogP contribution in [0.4, 0.5) is 0 Å². The Morgan fingerprint density at radius 3 is 1.58 bits per heavy atom. The summed E-state index contributed by atoms with van der Waals surface area (Å²) in [6.45, 7) is 4.48. The van der Waals surface area contributed by atoms with Crippen LogP contribution in [0.25, 0.3) is 10.8 Å². The molecule has 0 N–H and O–H groups in total. The average Bonchev–Trinajstić information content (AvgIpc) is 2.72. The van der Waals surface area contributed by atoms with Crippen LogP contribution in [0.15, 0.2) is 35.2 Å². The Bertz CT molecular complexity index is 878. The van der Waals surface area contributed by atoms with Gasteiger partial charge in [0.15, 0.2) is 0 Å². The molecular weight excluding hydrogens is 415 g/mol. The first-order valence-corrected chi connectivity index (χ1v) is 13.4. The number of hydrogen-bond acceptors (Lipinski definition) is 3. The van der Waals surface area contributed by atoms with Gasteiger partial charge >= 0.3 is 29.6 Å². The molecule has 0 unspecified atom stereocenters. The summed E-state index contributed by atoms with van der Waals surface area (Å²) in [6.07, 6.45) is 17.4. The normalized spacial score (nSPS) is 11.6. The Hall–Kier alpha value is -0.390. The van der Waals surface area contributed by atoms with Crippen molar-refractivity contribution in [3.63, 3.8) is 0 Å². The number of unbranched alkanes of at least 4 members (excludes halogenated alkanes) is 10. The van der Waals surface area contributed by atoms with Crippen LogP contribution in [0.5, 0.6) is 0 Å². The number of rotatable bonds is 15. The summed E-state index contributed by atoms with van der Waals surface area (Å²) in [4.78, 5) is -0.135. The van der Waals surface area contributed by atoms with Gasteiger partial charge in [-0.05, 0) is 59.7 Å². The molecule has 0 aromatic heterocycles. The molecule has 0 spiro atoms. The van der Waals surface area contributed by atoms with Crippen LogP contribution in [0, 0.1) is 0 Å². The van der Waals surface area contributed by atoms with Crippen molar-refractivity contribution in [2.45, 2.75) is 109 Å². The van der Waals surface area contributed by atoms with E-state index in [0.29, 0.717) is 0 Å². The number of aryl methyl sites for hydroxylation is 2. The first-order chi connectivity index (χ1) is 14.5. The molecule has 0 atom stereocenters. The van der Waals surface area contributed by atoms with E-state index in [0.717, 1.165) is 30.0 Å². The fourth-order valence-corrected chi connectivity index (χ4v) is 4.69. The molecule has 31 heavy (non-hydrogen) atoms. The number of hydrogen-bond donors (Lipinski definition) is 0. The maximum absolute atomic E-state index is 11.4. The van der Waals surface area contributed by atoms with E-state index in [1.807, 2.05) is 0 Å². The van der Waals surface area contributed by atoms with Crippen molar-refractivity contribution >= 4 is 20.9 Å². The zero-order valence-electron chi connectivity index (χ0n) is 19.9. The molecule has 0 saturated heterocycles. The van der Waals surface area contributed by atoms with Crippen LogP contribution in [-0.2, 0) is 23.0 Å². The van der Waals surface area contributed by atoms with Crippen molar-refractivity contribution in [3.05, 3.63) is 41.5 Å². The molecule has 0 aliphatic heterocycles. The zero-order chi connectivity index (χ0) is 21.8. The Morgan fingerprint density at radius 1 is 0.645 bits per heavy atom. The Morgan fingerprint density at radius 2 is 1.10 bits per heavy atom. The van der Waals surface area contributed by atoms with E-state index in [1.165, 1.54) is 93.9 Å². The molecule has 2 rings (SSSR count). The number of fused-ring (bicyclic) bond motifs is 1. The quantitative estimate of drug-likeness (QED) is 0.225. The van der Waals surface area contributed by atoms with Crippen LogP contribution in [-0.4, -0.2) is 13.0 Å². The first-order valence-electron chi connectivity index (χ1n) is 12.0. The molecule has 3 nitrogen and oxygen atoms in total. The molecule has 0 aliphatic carbocycles. The Labute approximate surface area is 212 Å². The minimum atomic E-state index is -4.42. The van der Waals surface area contributed by atoms with E-state index >= 15 is 0 Å². The van der Waals surface area contributed by atoms with Crippen molar-refractivity contribution in [3.8, 4) is 0 Å². The zero-order valence-corrected chi connectivity index (χ0v) is 22.7. The SMILES string of the molecule is CCCCCCCCc1cc2ccc(S(=O)(=O)[O-])cc2cc1CCCCCCCC.[Na+]. The van der Waals surface area contributed by atoms with Crippen LogP contribution < -0.4 is 29.6 Å². The third-order valence-corrected chi connectivity index (χ3v) is 6.85. The van der Waals surface area contributed by atoms with Crippen LogP contribution >= 0.6 is 0 Å². The fraction of sp³-hybridized carbons (Fsp3) is 0.615. The maximum Gasteiger partial charge on any atom is 1.00 e. The van der Waals surface area contributed by atoms with Gasteiger partial charge in [0.05, 0.1) is 4.90 Å². The molecule has 2 aromatic rings. The third-order valence-electron chi connectivity index (χ3n) is 6.02. The van der Waals surface area contributed by atoms with Gasteiger partial charge in [-0.1, -0.05) is 96.3 Å². The molecule has 0 aliphatic rings. The predicted octanol–water partition coefficient (Wildman–Crippen LogP) is 4.55. The molecule has 2 aromatic carbocycles. The summed E-state index contributed by atoms with van der Waals surface area (Å²) in [7, 11) is -4.42. The Balaban J connectivity index is 0.00000480. The van der Waals surface area contributed by atoms with Crippen LogP contribution in [0.1, 0.15) is 102 Å². The molecular formula is C26H39NaO3S. The summed E-state index contributed by atoms with van der Waals surface area (Å²) in [6, 6.07) is 9.10. The molecule has 0 amide bonds. The second-order valence-corrected chi connectivity index (χ2v) is 10.00. The van der Waals surface area contributed by atoms with E-state index in [-0.39, 0.29) is 34.5 Å². The van der Waals surface area contributed by atoms with E-state index < -0.39 is 10.1 Å². The smallest absolute Gasteiger partial charge is 0.744 e. The van der Waals surface area contributed by atoms with Gasteiger partial charge in [0.25, 0.3) is 0 Å². The summed E-state index contributed by atoms with van der Waals surface area (Å²) in [5, 5.41) is 1.88. The minimum absolute atomic E-state index is 0. The predicted molar refractivity (Wildman–Crippen MR) is 126 cm³/mol. The van der Waals surface area contributed by atoms with Gasteiger partial charge in [0.1, 0.15) is 10.1 Å². The molecule has 0 radical (unpaired) electrons. The summed E-state index contributed by atoms with van der Waals surface area (Å²) >= 11 is 0. The monoisotopic (exact) mass is 454 g/mol. The topological polar surface area (TPSA) is 57.2 Å². The Kier molecular flexibility index (Phi) is 14.3. The molecule has 0 fully saturated rings. The van der Waals surface area contributed by atoms with Crippen LogP contribution in [0.3, 0.4) is 0 Å². The summed E-state index contributed by atoms with van der Waals surface area (Å²) < 4.78 is 34.3. The average molecular weight is 455 g/mol. The second kappa shape index (κ2) is 15.4. The van der Waals surface area contributed by atoms with Crippen molar-refractivity contribution in [1.82, 2.24) is 0 Å². The van der Waals surface area contributed by atoms with E-state index in [1.54, 1.807) is 6.07 Å². The van der Waals surface area contributed by atoms with Gasteiger partial charge in [-0.25, -0.2) is 8.42 Å². The third kappa shape index (κ3) is 10.4. The van der Waals surface area contributed by atoms with E-state index in [2.05, 4.69) is 26.0 Å². The largest absolute Gasteiger partial charge is 1.00 e.